The standard InChI is InChI=1S/ClNO.K.Ru/c1-2-3;;. The fraction of sp³-hybridized carbons (Fsp3) is 0. The fourth-order valence-electron chi connectivity index (χ4n) is 0. The Hall–Kier alpha value is 2.15. The maximum absolute atomic E-state index is 8.32. The molecule has 0 fully saturated rings. The van der Waals surface area contributed by atoms with E-state index in [1.54, 1.807) is 4.70 Å². The van der Waals surface area contributed by atoms with Crippen LogP contribution in [0.15, 0.2) is 4.70 Å². The topological polar surface area (TPSA) is 29.4 Å². The summed E-state index contributed by atoms with van der Waals surface area (Å²) < 4.78 is 1.72. The first-order valence-corrected chi connectivity index (χ1v) is 0.690. The second-order valence-electron chi connectivity index (χ2n) is 0.0690. The van der Waals surface area contributed by atoms with Gasteiger partial charge in [-0.3, -0.25) is 0 Å². The first kappa shape index (κ1) is 15.7. The summed E-state index contributed by atoms with van der Waals surface area (Å²) in [6.07, 6.45) is 0. The molecule has 1 radical (unpaired) electrons. The Morgan fingerprint density at radius 1 is 1.60 bits per heavy atom. The van der Waals surface area contributed by atoms with Gasteiger partial charge in [-0.25, -0.2) is 0 Å². The minimum atomic E-state index is 0. The van der Waals surface area contributed by atoms with Crippen LogP contribution in [0.1, 0.15) is 0 Å². The van der Waals surface area contributed by atoms with E-state index in [-0.39, 0.29) is 70.9 Å². The van der Waals surface area contributed by atoms with Crippen molar-refractivity contribution in [2.45, 2.75) is 0 Å². The summed E-state index contributed by atoms with van der Waals surface area (Å²) in [6.45, 7) is 0. The molecule has 0 heterocycles. The Morgan fingerprint density at radius 3 is 1.60 bits per heavy atom. The molecule has 0 N–H and O–H groups in total. The first-order chi connectivity index (χ1) is 1.41. The maximum atomic E-state index is 8.32. The van der Waals surface area contributed by atoms with Crippen LogP contribution in [-0.4, -0.2) is 51.4 Å². The second kappa shape index (κ2) is 16.4. The van der Waals surface area contributed by atoms with E-state index in [1.807, 2.05) is 0 Å². The molecule has 0 saturated carbocycles. The van der Waals surface area contributed by atoms with Gasteiger partial charge in [-0.15, -0.1) is 4.91 Å². The summed E-state index contributed by atoms with van der Waals surface area (Å²) in [5.74, 6) is 0. The number of halogens is 1. The van der Waals surface area contributed by atoms with Gasteiger partial charge < -0.3 is 0 Å². The molecule has 0 aliphatic rings. The second-order valence-corrected chi connectivity index (χ2v) is 0.207. The Bertz CT molecular complexity index is 19.1. The van der Waals surface area contributed by atoms with Crippen molar-refractivity contribution in [1.29, 1.82) is 0 Å². The van der Waals surface area contributed by atoms with E-state index in [0.29, 0.717) is 0 Å². The Labute approximate surface area is 90.3 Å². The van der Waals surface area contributed by atoms with Crippen molar-refractivity contribution in [2.75, 3.05) is 0 Å². The first-order valence-electron chi connectivity index (χ1n) is 0.352. The van der Waals surface area contributed by atoms with Crippen LogP contribution < -0.4 is 0 Å². The third-order valence-electron chi connectivity index (χ3n) is 0. The molecule has 0 bridgehead atoms. The predicted octanol–water partition coefficient (Wildman–Crippen LogP) is 0.523. The van der Waals surface area contributed by atoms with E-state index >= 15 is 0 Å². The molecule has 0 amide bonds. The molecule has 0 aromatic carbocycles. The van der Waals surface area contributed by atoms with Gasteiger partial charge in [0.15, 0.2) is 0 Å². The monoisotopic (exact) mass is 206 g/mol. The third kappa shape index (κ3) is 22.9. The largest absolute Gasteiger partial charge is 0.131 e. The minimum Gasteiger partial charge on any atom is -0.131 e. The van der Waals surface area contributed by atoms with Crippen molar-refractivity contribution >= 4 is 63.2 Å². The van der Waals surface area contributed by atoms with Crippen LogP contribution in [0.2, 0.25) is 0 Å². The van der Waals surface area contributed by atoms with Crippen LogP contribution in [0.25, 0.3) is 0 Å². The van der Waals surface area contributed by atoms with E-state index in [2.05, 4.69) is 11.8 Å². The van der Waals surface area contributed by atoms with Gasteiger partial charge >= 0.3 is 0 Å². The zero-order valence-electron chi connectivity index (χ0n) is 2.59. The number of hydrogen-bond donors (Lipinski definition) is 0. The summed E-state index contributed by atoms with van der Waals surface area (Å²) in [4.78, 5) is 8.32. The van der Waals surface area contributed by atoms with Crippen LogP contribution in [0.3, 0.4) is 0 Å². The van der Waals surface area contributed by atoms with E-state index < -0.39 is 0 Å². The third-order valence-corrected chi connectivity index (χ3v) is 0. The Balaban J connectivity index is -0.0000000200. The number of nitrogens with zero attached hydrogens (tertiary/aromatic N) is 1. The fourth-order valence-corrected chi connectivity index (χ4v) is 0. The molecule has 0 aliphatic carbocycles. The molecule has 0 aliphatic heterocycles. The summed E-state index contributed by atoms with van der Waals surface area (Å²) in [5, 5.41) is 0. The molecule has 0 aromatic heterocycles. The minimum absolute atomic E-state index is 0. The molecular formula is ClKNORu. The van der Waals surface area contributed by atoms with Crippen LogP contribution >= 0.6 is 11.8 Å². The summed E-state index contributed by atoms with van der Waals surface area (Å²) >= 11 is 4.07. The smallest absolute Gasteiger partial charge is 0.0835 e. The zero-order valence-corrected chi connectivity index (χ0v) is 8.20. The Kier molecular flexibility index (Phi) is 51.6. The molecule has 0 spiro atoms. The molecule has 0 unspecified atom stereocenters. The molecule has 27 valence electrons. The molecule has 5 heteroatoms. The number of hydrogen-bond acceptors (Lipinski definition) is 2. The van der Waals surface area contributed by atoms with Gasteiger partial charge in [0.05, 0.1) is 11.8 Å². The molecule has 0 saturated heterocycles. The molecule has 0 aromatic rings. The van der Waals surface area contributed by atoms with Crippen molar-refractivity contribution < 1.29 is 19.5 Å². The quantitative estimate of drug-likeness (QED) is 0.419. The summed E-state index contributed by atoms with van der Waals surface area (Å²) in [7, 11) is 0. The molecule has 5 heavy (non-hydrogen) atoms. The van der Waals surface area contributed by atoms with Gasteiger partial charge in [0, 0.05) is 75.6 Å². The van der Waals surface area contributed by atoms with Crippen LogP contribution in [-0.2, 0) is 19.5 Å². The van der Waals surface area contributed by atoms with Gasteiger partial charge in [-0.05, 0) is 0 Å². The van der Waals surface area contributed by atoms with E-state index in [1.165, 1.54) is 0 Å². The van der Waals surface area contributed by atoms with Gasteiger partial charge in [0.25, 0.3) is 0 Å². The van der Waals surface area contributed by atoms with Crippen molar-refractivity contribution in [3.63, 3.8) is 0 Å². The molecular weight excluding hydrogens is 206 g/mol. The Morgan fingerprint density at radius 2 is 1.60 bits per heavy atom. The maximum Gasteiger partial charge on any atom is 0.0835 e. The van der Waals surface area contributed by atoms with Crippen LogP contribution in [0.4, 0.5) is 0 Å². The number of nitroso groups, excluding NO2 is 1. The number of rotatable bonds is 0. The van der Waals surface area contributed by atoms with Crippen LogP contribution in [0.5, 0.6) is 0 Å². The van der Waals surface area contributed by atoms with E-state index in [0.717, 1.165) is 0 Å². The van der Waals surface area contributed by atoms with Gasteiger partial charge in [0.2, 0.25) is 0 Å². The van der Waals surface area contributed by atoms with Gasteiger partial charge in [0.1, 0.15) is 0 Å². The van der Waals surface area contributed by atoms with Crippen molar-refractivity contribution in [3.05, 3.63) is 4.91 Å². The predicted molar refractivity (Wildman–Crippen MR) is 17.4 cm³/mol. The summed E-state index contributed by atoms with van der Waals surface area (Å²) in [6, 6.07) is 0. The van der Waals surface area contributed by atoms with Crippen molar-refractivity contribution in [2.24, 2.45) is 4.70 Å². The molecule has 0 rings (SSSR count). The average molecular weight is 206 g/mol. The normalized spacial score (nSPS) is 2.60. The SMILES string of the molecule is O=NCl.[K].[Ru]. The summed E-state index contributed by atoms with van der Waals surface area (Å²) in [5.41, 5.74) is 0. The zero-order chi connectivity index (χ0) is 2.71. The van der Waals surface area contributed by atoms with Crippen molar-refractivity contribution in [1.82, 2.24) is 0 Å². The average Bonchev–Trinajstić information content (AvgIpc) is 0.918. The van der Waals surface area contributed by atoms with Gasteiger partial charge in [-0.2, -0.15) is 0 Å². The molecule has 2 nitrogen and oxygen atoms in total. The van der Waals surface area contributed by atoms with Gasteiger partial charge in [-0.1, -0.05) is 0 Å². The van der Waals surface area contributed by atoms with Crippen molar-refractivity contribution in [3.8, 4) is 0 Å². The van der Waals surface area contributed by atoms with Crippen LogP contribution in [0, 0.1) is 4.91 Å². The molecule has 0 atom stereocenters. The van der Waals surface area contributed by atoms with E-state index in [4.69, 9.17) is 4.91 Å². The van der Waals surface area contributed by atoms with E-state index in [9.17, 15) is 0 Å².